The third-order valence-electron chi connectivity index (χ3n) is 5.54. The monoisotopic (exact) mass is 403 g/mol. The molecule has 1 aromatic heterocycles. The van der Waals surface area contributed by atoms with Crippen LogP contribution < -0.4 is 15.8 Å². The average Bonchev–Trinajstić information content (AvgIpc) is 2.70. The summed E-state index contributed by atoms with van der Waals surface area (Å²) in [4.78, 5) is 19.5. The molecule has 6 nitrogen and oxygen atoms in total. The number of aromatic nitrogens is 1. The van der Waals surface area contributed by atoms with Crippen molar-refractivity contribution in [2.45, 2.75) is 27.3 Å². The van der Waals surface area contributed by atoms with Gasteiger partial charge in [0.05, 0.1) is 38.4 Å². The van der Waals surface area contributed by atoms with Gasteiger partial charge in [-0.15, -0.1) is 0 Å². The molecule has 0 unspecified atom stereocenters. The van der Waals surface area contributed by atoms with Crippen molar-refractivity contribution in [1.29, 1.82) is 0 Å². The zero-order chi connectivity index (χ0) is 20.1. The van der Waals surface area contributed by atoms with Crippen LogP contribution >= 0.6 is 12.2 Å². The maximum atomic E-state index is 12.8. The molecule has 0 bridgehead atoms. The molecular weight excluding hydrogens is 372 g/mol. The van der Waals surface area contributed by atoms with Crippen molar-refractivity contribution >= 4 is 28.2 Å². The molecule has 0 radical (unpaired) electrons. The Morgan fingerprint density at radius 2 is 2.07 bits per heavy atom. The lowest BCUT2D eigenvalue weighted by atomic mass is 10.0. The Kier molecular flexibility index (Phi) is 7.04. The lowest BCUT2D eigenvalue weighted by Crippen LogP contribution is -3.14. The van der Waals surface area contributed by atoms with Gasteiger partial charge in [0.2, 0.25) is 0 Å². The summed E-state index contributed by atoms with van der Waals surface area (Å²) in [7, 11) is 0. The first-order valence-corrected chi connectivity index (χ1v) is 10.5. The highest BCUT2D eigenvalue weighted by molar-refractivity contribution is 7.80. The number of morpholine rings is 1. The molecule has 152 valence electrons. The second-order valence-electron chi connectivity index (χ2n) is 7.46. The third kappa shape index (κ3) is 4.90. The highest BCUT2D eigenvalue weighted by atomic mass is 32.1. The van der Waals surface area contributed by atoms with Crippen LogP contribution in [-0.4, -0.2) is 60.9 Å². The van der Waals surface area contributed by atoms with E-state index in [0.29, 0.717) is 11.7 Å². The first kappa shape index (κ1) is 20.8. The molecule has 7 heteroatoms. The predicted molar refractivity (Wildman–Crippen MR) is 117 cm³/mol. The topological polar surface area (TPSA) is 61.8 Å². The number of H-pyrrole nitrogens is 1. The van der Waals surface area contributed by atoms with E-state index in [4.69, 9.17) is 17.0 Å². The van der Waals surface area contributed by atoms with E-state index in [0.717, 1.165) is 68.0 Å². The molecule has 0 atom stereocenters. The van der Waals surface area contributed by atoms with Crippen LogP contribution in [0.5, 0.6) is 0 Å². The van der Waals surface area contributed by atoms with Gasteiger partial charge in [-0.3, -0.25) is 4.79 Å². The van der Waals surface area contributed by atoms with Gasteiger partial charge in [-0.25, -0.2) is 0 Å². The lowest BCUT2D eigenvalue weighted by molar-refractivity contribution is -0.907. The maximum absolute atomic E-state index is 12.8. The maximum Gasteiger partial charge on any atom is 0.253 e. The first-order valence-electron chi connectivity index (χ1n) is 10.1. The number of quaternary nitrogens is 1. The molecule has 2 heterocycles. The molecule has 1 saturated heterocycles. The molecule has 0 amide bonds. The number of hydrogen-bond acceptors (Lipinski definition) is 3. The van der Waals surface area contributed by atoms with Crippen LogP contribution in [0.4, 0.5) is 0 Å². The Morgan fingerprint density at radius 1 is 1.32 bits per heavy atom. The third-order valence-corrected chi connectivity index (χ3v) is 5.94. The van der Waals surface area contributed by atoms with Gasteiger partial charge >= 0.3 is 0 Å². The molecule has 28 heavy (non-hydrogen) atoms. The summed E-state index contributed by atoms with van der Waals surface area (Å²) in [5, 5.41) is 5.00. The van der Waals surface area contributed by atoms with E-state index in [1.807, 2.05) is 19.9 Å². The van der Waals surface area contributed by atoms with Gasteiger partial charge in [0, 0.05) is 12.1 Å². The van der Waals surface area contributed by atoms with Crippen molar-refractivity contribution in [3.8, 4) is 0 Å². The number of pyridine rings is 1. The number of hydrogen-bond donors (Lipinski definition) is 3. The zero-order valence-corrected chi connectivity index (χ0v) is 17.9. The molecule has 0 saturated carbocycles. The quantitative estimate of drug-likeness (QED) is 0.622. The fourth-order valence-electron chi connectivity index (χ4n) is 3.61. The number of ether oxygens (including phenoxy) is 1. The van der Waals surface area contributed by atoms with Gasteiger partial charge in [0.25, 0.3) is 5.56 Å². The van der Waals surface area contributed by atoms with Crippen molar-refractivity contribution in [1.82, 2.24) is 15.2 Å². The second kappa shape index (κ2) is 9.49. The number of rotatable bonds is 6. The standard InChI is InChI=1S/C21H30N4O2S/c1-4-22-21(28)25(8-7-24-9-11-27-12-10-24)14-18-13-17-6-5-15(2)16(3)19(17)23-20(18)26/h5-6,13H,4,7-12,14H2,1-3H3,(H,22,28)(H,23,26)/p+1. The highest BCUT2D eigenvalue weighted by Crippen LogP contribution is 2.19. The summed E-state index contributed by atoms with van der Waals surface area (Å²) >= 11 is 5.59. The molecule has 1 fully saturated rings. The number of nitrogens with one attached hydrogen (secondary N) is 3. The van der Waals surface area contributed by atoms with Crippen LogP contribution in [0.15, 0.2) is 23.0 Å². The Balaban J connectivity index is 1.80. The highest BCUT2D eigenvalue weighted by Gasteiger charge is 2.18. The van der Waals surface area contributed by atoms with E-state index in [1.54, 1.807) is 0 Å². The molecular formula is C21H31N4O2S+. The Bertz CT molecular complexity index is 890. The number of aromatic amines is 1. The van der Waals surface area contributed by atoms with Crippen molar-refractivity contribution in [3.05, 3.63) is 45.2 Å². The van der Waals surface area contributed by atoms with Crippen molar-refractivity contribution in [2.24, 2.45) is 0 Å². The van der Waals surface area contributed by atoms with Crippen molar-refractivity contribution in [3.63, 3.8) is 0 Å². The van der Waals surface area contributed by atoms with Gasteiger partial charge in [0.1, 0.15) is 13.1 Å². The van der Waals surface area contributed by atoms with Crippen LogP contribution in [0, 0.1) is 13.8 Å². The van der Waals surface area contributed by atoms with E-state index in [1.165, 1.54) is 10.5 Å². The molecule has 3 rings (SSSR count). The normalized spacial score (nSPS) is 15.0. The summed E-state index contributed by atoms with van der Waals surface area (Å²) in [6, 6.07) is 6.17. The Hall–Kier alpha value is -1.96. The average molecular weight is 404 g/mol. The van der Waals surface area contributed by atoms with Crippen LogP contribution in [0.3, 0.4) is 0 Å². The van der Waals surface area contributed by atoms with E-state index < -0.39 is 0 Å². The SMILES string of the molecule is CCNC(=S)N(CC[NH+]1CCOCC1)Cc1cc2ccc(C)c(C)c2[nH]c1=O. The summed E-state index contributed by atoms with van der Waals surface area (Å²) in [5.41, 5.74) is 3.93. The first-order chi connectivity index (χ1) is 13.5. The van der Waals surface area contributed by atoms with Gasteiger partial charge in [-0.1, -0.05) is 12.1 Å². The van der Waals surface area contributed by atoms with E-state index in [9.17, 15) is 4.79 Å². The summed E-state index contributed by atoms with van der Waals surface area (Å²) in [6.07, 6.45) is 0. The summed E-state index contributed by atoms with van der Waals surface area (Å²) in [5.74, 6) is 0. The van der Waals surface area contributed by atoms with Crippen molar-refractivity contribution in [2.75, 3.05) is 45.9 Å². The molecule has 0 spiro atoms. The fourth-order valence-corrected chi connectivity index (χ4v) is 3.91. The van der Waals surface area contributed by atoms with E-state index in [-0.39, 0.29) is 5.56 Å². The fraction of sp³-hybridized carbons (Fsp3) is 0.524. The minimum atomic E-state index is -0.0378. The molecule has 1 aliphatic heterocycles. The summed E-state index contributed by atoms with van der Waals surface area (Å²) < 4.78 is 5.44. The molecule has 0 aliphatic carbocycles. The van der Waals surface area contributed by atoms with Crippen LogP contribution in [0.1, 0.15) is 23.6 Å². The van der Waals surface area contributed by atoms with E-state index in [2.05, 4.69) is 34.3 Å². The van der Waals surface area contributed by atoms with Gasteiger partial charge in [-0.2, -0.15) is 0 Å². The second-order valence-corrected chi connectivity index (χ2v) is 7.85. The number of benzene rings is 1. The van der Waals surface area contributed by atoms with Gasteiger partial charge in [0.15, 0.2) is 5.11 Å². The zero-order valence-electron chi connectivity index (χ0n) is 17.1. The minimum absolute atomic E-state index is 0.0378. The van der Waals surface area contributed by atoms with Gasteiger partial charge < -0.3 is 24.8 Å². The number of nitrogens with zero attached hydrogens (tertiary/aromatic N) is 1. The van der Waals surface area contributed by atoms with Gasteiger partial charge in [-0.05, 0) is 55.6 Å². The smallest absolute Gasteiger partial charge is 0.253 e. The molecule has 3 N–H and O–H groups in total. The number of aryl methyl sites for hydroxylation is 2. The Morgan fingerprint density at radius 3 is 2.79 bits per heavy atom. The lowest BCUT2D eigenvalue weighted by Gasteiger charge is -2.29. The number of fused-ring (bicyclic) bond motifs is 1. The largest absolute Gasteiger partial charge is 0.370 e. The molecule has 1 aromatic carbocycles. The predicted octanol–water partition coefficient (Wildman–Crippen LogP) is 0.756. The van der Waals surface area contributed by atoms with Crippen LogP contribution in [0.25, 0.3) is 10.9 Å². The number of thiocarbonyl (C=S) groups is 1. The van der Waals surface area contributed by atoms with E-state index >= 15 is 0 Å². The Labute approximate surface area is 171 Å². The molecule has 2 aromatic rings. The summed E-state index contributed by atoms with van der Waals surface area (Å²) in [6.45, 7) is 12.9. The van der Waals surface area contributed by atoms with Crippen LogP contribution in [-0.2, 0) is 11.3 Å². The molecule has 1 aliphatic rings. The van der Waals surface area contributed by atoms with Crippen molar-refractivity contribution < 1.29 is 9.64 Å². The minimum Gasteiger partial charge on any atom is -0.370 e. The van der Waals surface area contributed by atoms with Crippen LogP contribution in [0.2, 0.25) is 0 Å².